The molecule has 0 bridgehead atoms. The fourth-order valence-corrected chi connectivity index (χ4v) is 2.83. The van der Waals surface area contributed by atoms with E-state index in [4.69, 9.17) is 5.26 Å². The molecule has 0 aliphatic rings. The van der Waals surface area contributed by atoms with E-state index < -0.39 is 0 Å². The van der Waals surface area contributed by atoms with Gasteiger partial charge < -0.3 is 10.6 Å². The van der Waals surface area contributed by atoms with Crippen LogP contribution in [0.15, 0.2) is 72.8 Å². The standard InChI is InChI=1S/C23H19N3O2/c1-16-5-2-3-8-21(16)18-9-11-19(12-10-18)23(28)25-15-22(27)26-20-7-4-6-17(13-20)14-24/h2-13H,15H2,1H3,(H,25,28)(H,26,27). The molecule has 5 heteroatoms. The molecule has 28 heavy (non-hydrogen) atoms. The Morgan fingerprint density at radius 2 is 1.71 bits per heavy atom. The predicted molar refractivity (Wildman–Crippen MR) is 109 cm³/mol. The van der Waals surface area contributed by atoms with E-state index in [1.54, 1.807) is 36.4 Å². The molecule has 0 spiro atoms. The average molecular weight is 369 g/mol. The van der Waals surface area contributed by atoms with Gasteiger partial charge >= 0.3 is 0 Å². The Hall–Kier alpha value is -3.91. The maximum Gasteiger partial charge on any atom is 0.251 e. The molecule has 0 heterocycles. The van der Waals surface area contributed by atoms with Gasteiger partial charge in [0, 0.05) is 11.3 Å². The number of nitrogens with one attached hydrogen (secondary N) is 2. The van der Waals surface area contributed by atoms with E-state index in [0.29, 0.717) is 16.8 Å². The molecule has 0 fully saturated rings. The van der Waals surface area contributed by atoms with Crippen LogP contribution in [0.4, 0.5) is 5.69 Å². The normalized spacial score (nSPS) is 10.0. The number of carbonyl (C=O) groups excluding carboxylic acids is 2. The van der Waals surface area contributed by atoms with Crippen molar-refractivity contribution >= 4 is 17.5 Å². The molecule has 3 rings (SSSR count). The summed E-state index contributed by atoms with van der Waals surface area (Å²) < 4.78 is 0. The summed E-state index contributed by atoms with van der Waals surface area (Å²) in [6.07, 6.45) is 0. The number of anilines is 1. The van der Waals surface area contributed by atoms with E-state index >= 15 is 0 Å². The number of carbonyl (C=O) groups is 2. The van der Waals surface area contributed by atoms with Crippen LogP contribution in [0, 0.1) is 18.3 Å². The Bertz CT molecular complexity index is 1050. The zero-order valence-electron chi connectivity index (χ0n) is 15.4. The topological polar surface area (TPSA) is 82.0 Å². The molecular formula is C23H19N3O2. The maximum absolute atomic E-state index is 12.3. The molecule has 0 aromatic heterocycles. The first-order valence-electron chi connectivity index (χ1n) is 8.81. The van der Waals surface area contributed by atoms with Gasteiger partial charge in [0.1, 0.15) is 0 Å². The largest absolute Gasteiger partial charge is 0.343 e. The number of aryl methyl sites for hydroxylation is 1. The molecule has 3 aromatic rings. The number of amides is 2. The van der Waals surface area contributed by atoms with Crippen molar-refractivity contribution < 1.29 is 9.59 Å². The lowest BCUT2D eigenvalue weighted by Gasteiger charge is -2.09. The number of nitriles is 1. The lowest BCUT2D eigenvalue weighted by molar-refractivity contribution is -0.115. The van der Waals surface area contributed by atoms with E-state index in [1.807, 2.05) is 49.4 Å². The molecule has 0 unspecified atom stereocenters. The third-order valence-corrected chi connectivity index (χ3v) is 4.29. The van der Waals surface area contributed by atoms with E-state index in [9.17, 15) is 9.59 Å². The van der Waals surface area contributed by atoms with Crippen molar-refractivity contribution in [1.29, 1.82) is 5.26 Å². The number of hydrogen-bond acceptors (Lipinski definition) is 3. The van der Waals surface area contributed by atoms with E-state index in [2.05, 4.69) is 10.6 Å². The van der Waals surface area contributed by atoms with Crippen LogP contribution in [-0.2, 0) is 4.79 Å². The number of nitrogens with zero attached hydrogens (tertiary/aromatic N) is 1. The first kappa shape index (κ1) is 18.9. The summed E-state index contributed by atoms with van der Waals surface area (Å²) >= 11 is 0. The van der Waals surface area contributed by atoms with Gasteiger partial charge in [0.15, 0.2) is 0 Å². The molecule has 2 N–H and O–H groups in total. The highest BCUT2D eigenvalue weighted by Gasteiger charge is 2.09. The first-order chi connectivity index (χ1) is 13.6. The molecule has 0 saturated heterocycles. The number of hydrogen-bond donors (Lipinski definition) is 2. The van der Waals surface area contributed by atoms with Crippen molar-refractivity contribution in [3.8, 4) is 17.2 Å². The van der Waals surface area contributed by atoms with Crippen LogP contribution >= 0.6 is 0 Å². The Labute approximate surface area is 163 Å². The summed E-state index contributed by atoms with van der Waals surface area (Å²) in [5, 5.41) is 14.1. The van der Waals surface area contributed by atoms with Gasteiger partial charge in [-0.1, -0.05) is 42.5 Å². The van der Waals surface area contributed by atoms with Gasteiger partial charge in [0.2, 0.25) is 5.91 Å². The van der Waals surface area contributed by atoms with Crippen LogP contribution < -0.4 is 10.6 Å². The van der Waals surface area contributed by atoms with Crippen LogP contribution in [0.5, 0.6) is 0 Å². The minimum atomic E-state index is -0.361. The van der Waals surface area contributed by atoms with Gasteiger partial charge in [0.05, 0.1) is 18.2 Å². The summed E-state index contributed by atoms with van der Waals surface area (Å²) in [5.41, 5.74) is 4.77. The number of benzene rings is 3. The fraction of sp³-hybridized carbons (Fsp3) is 0.0870. The summed E-state index contributed by atoms with van der Waals surface area (Å²) in [6, 6.07) is 23.9. The monoisotopic (exact) mass is 369 g/mol. The smallest absolute Gasteiger partial charge is 0.251 e. The summed E-state index contributed by atoms with van der Waals surface area (Å²) in [4.78, 5) is 24.3. The highest BCUT2D eigenvalue weighted by Crippen LogP contribution is 2.23. The highest BCUT2D eigenvalue weighted by molar-refractivity contribution is 5.99. The van der Waals surface area contributed by atoms with Crippen LogP contribution in [0.25, 0.3) is 11.1 Å². The first-order valence-corrected chi connectivity index (χ1v) is 8.81. The van der Waals surface area contributed by atoms with E-state index in [0.717, 1.165) is 16.7 Å². The van der Waals surface area contributed by atoms with E-state index in [1.165, 1.54) is 0 Å². The van der Waals surface area contributed by atoms with Crippen LogP contribution in [0.3, 0.4) is 0 Å². The zero-order valence-corrected chi connectivity index (χ0v) is 15.4. The van der Waals surface area contributed by atoms with Crippen LogP contribution in [-0.4, -0.2) is 18.4 Å². The molecule has 0 radical (unpaired) electrons. The second kappa shape index (κ2) is 8.65. The Morgan fingerprint density at radius 3 is 2.43 bits per heavy atom. The van der Waals surface area contributed by atoms with Crippen molar-refractivity contribution in [2.24, 2.45) is 0 Å². The van der Waals surface area contributed by atoms with Gasteiger partial charge in [0.25, 0.3) is 5.91 Å². The van der Waals surface area contributed by atoms with Crippen LogP contribution in [0.2, 0.25) is 0 Å². The summed E-state index contributed by atoms with van der Waals surface area (Å²) in [5.74, 6) is -0.683. The molecule has 138 valence electrons. The van der Waals surface area contributed by atoms with E-state index in [-0.39, 0.29) is 18.4 Å². The average Bonchev–Trinajstić information content (AvgIpc) is 2.72. The van der Waals surface area contributed by atoms with Gasteiger partial charge in [-0.15, -0.1) is 0 Å². The minimum absolute atomic E-state index is 0.158. The molecule has 5 nitrogen and oxygen atoms in total. The van der Waals surface area contributed by atoms with Crippen LogP contribution in [0.1, 0.15) is 21.5 Å². The lowest BCUT2D eigenvalue weighted by atomic mass is 9.99. The fourth-order valence-electron chi connectivity index (χ4n) is 2.83. The summed E-state index contributed by atoms with van der Waals surface area (Å²) in [6.45, 7) is 1.88. The summed E-state index contributed by atoms with van der Waals surface area (Å²) in [7, 11) is 0. The lowest BCUT2D eigenvalue weighted by Crippen LogP contribution is -2.32. The SMILES string of the molecule is Cc1ccccc1-c1ccc(C(=O)NCC(=O)Nc2cccc(C#N)c2)cc1. The van der Waals surface area contributed by atoms with Gasteiger partial charge in [-0.05, 0) is 53.9 Å². The van der Waals surface area contributed by atoms with Gasteiger partial charge in [-0.25, -0.2) is 0 Å². The van der Waals surface area contributed by atoms with Crippen molar-refractivity contribution in [2.45, 2.75) is 6.92 Å². The Morgan fingerprint density at radius 1 is 0.964 bits per heavy atom. The maximum atomic E-state index is 12.3. The minimum Gasteiger partial charge on any atom is -0.343 e. The third-order valence-electron chi connectivity index (χ3n) is 4.29. The second-order valence-electron chi connectivity index (χ2n) is 6.32. The van der Waals surface area contributed by atoms with Crippen molar-refractivity contribution in [1.82, 2.24) is 5.32 Å². The molecule has 0 aliphatic carbocycles. The Kier molecular flexibility index (Phi) is 5.83. The second-order valence-corrected chi connectivity index (χ2v) is 6.32. The zero-order chi connectivity index (χ0) is 19.9. The third kappa shape index (κ3) is 4.63. The Balaban J connectivity index is 1.58. The molecule has 0 aliphatic heterocycles. The number of rotatable bonds is 5. The van der Waals surface area contributed by atoms with Crippen molar-refractivity contribution in [3.05, 3.63) is 89.5 Å². The molecule has 0 saturated carbocycles. The van der Waals surface area contributed by atoms with Gasteiger partial charge in [-0.2, -0.15) is 5.26 Å². The predicted octanol–water partition coefficient (Wildman–Crippen LogP) is 3.90. The van der Waals surface area contributed by atoms with Gasteiger partial charge in [-0.3, -0.25) is 9.59 Å². The molecular weight excluding hydrogens is 350 g/mol. The van der Waals surface area contributed by atoms with Crippen molar-refractivity contribution in [2.75, 3.05) is 11.9 Å². The quantitative estimate of drug-likeness (QED) is 0.715. The highest BCUT2D eigenvalue weighted by atomic mass is 16.2. The van der Waals surface area contributed by atoms with Crippen molar-refractivity contribution in [3.63, 3.8) is 0 Å². The molecule has 0 atom stereocenters. The molecule has 2 amide bonds. The molecule has 3 aromatic carbocycles.